The predicted octanol–water partition coefficient (Wildman–Crippen LogP) is 3.54. The number of halogens is 2. The molecule has 1 aromatic carbocycles. The molecular formula is C13H16Cl2N4S. The lowest BCUT2D eigenvalue weighted by molar-refractivity contribution is 0.554. The van der Waals surface area contributed by atoms with Crippen molar-refractivity contribution in [3.63, 3.8) is 0 Å². The van der Waals surface area contributed by atoms with Crippen LogP contribution in [0.3, 0.4) is 0 Å². The fourth-order valence-electron chi connectivity index (χ4n) is 2.05. The number of nitrogens with zero attached hydrogens (tertiary/aromatic N) is 2. The summed E-state index contributed by atoms with van der Waals surface area (Å²) in [5.74, 6) is 5.69. The zero-order valence-electron chi connectivity index (χ0n) is 11.1. The molecule has 1 atom stereocenters. The van der Waals surface area contributed by atoms with Crippen molar-refractivity contribution in [2.24, 2.45) is 5.84 Å². The Kier molecular flexibility index (Phi) is 5.74. The van der Waals surface area contributed by atoms with Gasteiger partial charge in [0.15, 0.2) is 0 Å². The van der Waals surface area contributed by atoms with Crippen molar-refractivity contribution in [2.45, 2.75) is 32.2 Å². The number of nitrogens with one attached hydrogen (secondary N) is 1. The van der Waals surface area contributed by atoms with Gasteiger partial charge in [-0.3, -0.25) is 11.3 Å². The molecule has 20 heavy (non-hydrogen) atoms. The molecule has 2 aromatic rings. The summed E-state index contributed by atoms with van der Waals surface area (Å²) >= 11 is 13.8. The highest BCUT2D eigenvalue weighted by molar-refractivity contribution is 7.05. The van der Waals surface area contributed by atoms with Crippen molar-refractivity contribution in [1.29, 1.82) is 0 Å². The van der Waals surface area contributed by atoms with E-state index in [9.17, 15) is 0 Å². The summed E-state index contributed by atoms with van der Waals surface area (Å²) in [5.41, 5.74) is 4.69. The molecule has 0 bridgehead atoms. The summed E-state index contributed by atoms with van der Waals surface area (Å²) in [4.78, 5) is 1.05. The van der Waals surface area contributed by atoms with Crippen LogP contribution in [0, 0.1) is 0 Å². The highest BCUT2D eigenvalue weighted by atomic mass is 35.5. The third kappa shape index (κ3) is 3.48. The van der Waals surface area contributed by atoms with Gasteiger partial charge in [-0.25, -0.2) is 0 Å². The average Bonchev–Trinajstić information content (AvgIpc) is 2.87. The Morgan fingerprint density at radius 2 is 2.05 bits per heavy atom. The fourth-order valence-corrected chi connectivity index (χ4v) is 3.36. The third-order valence-corrected chi connectivity index (χ3v) is 4.65. The second-order valence-corrected chi connectivity index (χ2v) is 6.06. The van der Waals surface area contributed by atoms with Crippen LogP contribution in [-0.2, 0) is 12.8 Å². The SMILES string of the molecule is CCCc1nnsc1C(Cc1c(Cl)cccc1Cl)NN. The van der Waals surface area contributed by atoms with Crippen LogP contribution in [0.15, 0.2) is 18.2 Å². The maximum absolute atomic E-state index is 6.21. The van der Waals surface area contributed by atoms with E-state index < -0.39 is 0 Å². The Bertz CT molecular complexity index is 553. The van der Waals surface area contributed by atoms with Crippen molar-refractivity contribution < 1.29 is 0 Å². The first-order valence-electron chi connectivity index (χ1n) is 6.37. The van der Waals surface area contributed by atoms with E-state index in [1.807, 2.05) is 18.2 Å². The Labute approximate surface area is 132 Å². The van der Waals surface area contributed by atoms with Crippen molar-refractivity contribution >= 4 is 34.7 Å². The van der Waals surface area contributed by atoms with E-state index >= 15 is 0 Å². The monoisotopic (exact) mass is 330 g/mol. The molecule has 2 rings (SSSR count). The first-order chi connectivity index (χ1) is 9.67. The first-order valence-corrected chi connectivity index (χ1v) is 7.90. The van der Waals surface area contributed by atoms with Crippen molar-refractivity contribution in [3.8, 4) is 0 Å². The number of aromatic nitrogens is 2. The number of aryl methyl sites for hydroxylation is 1. The van der Waals surface area contributed by atoms with Crippen molar-refractivity contribution in [1.82, 2.24) is 15.0 Å². The molecule has 108 valence electrons. The van der Waals surface area contributed by atoms with E-state index in [4.69, 9.17) is 29.0 Å². The fraction of sp³-hybridized carbons (Fsp3) is 0.385. The van der Waals surface area contributed by atoms with E-state index in [1.165, 1.54) is 11.5 Å². The molecule has 3 N–H and O–H groups in total. The number of nitrogens with two attached hydrogens (primary N) is 1. The van der Waals surface area contributed by atoms with Crippen LogP contribution in [-0.4, -0.2) is 9.59 Å². The highest BCUT2D eigenvalue weighted by Gasteiger charge is 2.20. The van der Waals surface area contributed by atoms with Crippen LogP contribution in [0.25, 0.3) is 0 Å². The summed E-state index contributed by atoms with van der Waals surface area (Å²) < 4.78 is 4.03. The molecule has 1 unspecified atom stereocenters. The van der Waals surface area contributed by atoms with Crippen molar-refractivity contribution in [3.05, 3.63) is 44.4 Å². The normalized spacial score (nSPS) is 12.6. The van der Waals surface area contributed by atoms with E-state index in [-0.39, 0.29) is 6.04 Å². The number of benzene rings is 1. The van der Waals surface area contributed by atoms with Gasteiger partial charge in [-0.05, 0) is 42.1 Å². The Morgan fingerprint density at radius 1 is 1.35 bits per heavy atom. The molecule has 1 aromatic heterocycles. The van der Waals surface area contributed by atoms with Gasteiger partial charge in [0.1, 0.15) is 0 Å². The number of rotatable bonds is 6. The van der Waals surface area contributed by atoms with Gasteiger partial charge in [0.2, 0.25) is 0 Å². The molecule has 4 nitrogen and oxygen atoms in total. The van der Waals surface area contributed by atoms with Gasteiger partial charge in [0.05, 0.1) is 16.6 Å². The third-order valence-electron chi connectivity index (χ3n) is 3.06. The highest BCUT2D eigenvalue weighted by Crippen LogP contribution is 2.31. The van der Waals surface area contributed by atoms with Gasteiger partial charge in [0, 0.05) is 10.0 Å². The van der Waals surface area contributed by atoms with Crippen LogP contribution in [0.4, 0.5) is 0 Å². The maximum Gasteiger partial charge on any atom is 0.0804 e. The molecule has 0 amide bonds. The standard InChI is InChI=1S/C13H16Cl2N4S/c1-2-4-11-13(20-19-18-11)12(17-16)7-8-9(14)5-3-6-10(8)15/h3,5-6,12,17H,2,4,7,16H2,1H3. The minimum absolute atomic E-state index is 0.0889. The van der Waals surface area contributed by atoms with Crippen LogP contribution in [0.2, 0.25) is 10.0 Å². The molecule has 0 saturated carbocycles. The molecule has 0 aliphatic rings. The van der Waals surface area contributed by atoms with Gasteiger partial charge in [-0.1, -0.05) is 47.1 Å². The molecule has 0 aliphatic carbocycles. The van der Waals surface area contributed by atoms with Crippen LogP contribution in [0.1, 0.15) is 35.5 Å². The summed E-state index contributed by atoms with van der Waals surface area (Å²) in [5, 5.41) is 5.46. The Morgan fingerprint density at radius 3 is 2.65 bits per heavy atom. The summed E-state index contributed by atoms with van der Waals surface area (Å²) in [6.07, 6.45) is 2.51. The van der Waals surface area contributed by atoms with Crippen molar-refractivity contribution in [2.75, 3.05) is 0 Å². The first kappa shape index (κ1) is 15.7. The topological polar surface area (TPSA) is 63.8 Å². The maximum atomic E-state index is 6.21. The van der Waals surface area contributed by atoms with Crippen LogP contribution < -0.4 is 11.3 Å². The summed E-state index contributed by atoms with van der Waals surface area (Å²) in [7, 11) is 0. The van der Waals surface area contributed by atoms with Gasteiger partial charge in [-0.2, -0.15) is 0 Å². The second kappa shape index (κ2) is 7.33. The minimum Gasteiger partial charge on any atom is -0.271 e. The van der Waals surface area contributed by atoms with Gasteiger partial charge >= 0.3 is 0 Å². The van der Waals surface area contributed by atoms with E-state index in [1.54, 1.807) is 0 Å². The van der Waals surface area contributed by atoms with Crippen LogP contribution in [0.5, 0.6) is 0 Å². The molecule has 0 radical (unpaired) electrons. The van der Waals surface area contributed by atoms with E-state index in [2.05, 4.69) is 21.9 Å². The Hall–Kier alpha value is -0.720. The lowest BCUT2D eigenvalue weighted by atomic mass is 10.0. The molecular weight excluding hydrogens is 315 g/mol. The van der Waals surface area contributed by atoms with E-state index in [0.29, 0.717) is 16.5 Å². The molecule has 0 saturated heterocycles. The quantitative estimate of drug-likeness (QED) is 0.628. The number of hydrogen-bond donors (Lipinski definition) is 2. The lowest BCUT2D eigenvalue weighted by Crippen LogP contribution is -2.29. The number of hydrogen-bond acceptors (Lipinski definition) is 5. The van der Waals surface area contributed by atoms with Gasteiger partial charge in [-0.15, -0.1) is 5.10 Å². The molecule has 1 heterocycles. The number of hydrazine groups is 1. The van der Waals surface area contributed by atoms with E-state index in [0.717, 1.165) is 29.0 Å². The summed E-state index contributed by atoms with van der Waals surface area (Å²) in [6, 6.07) is 5.40. The molecule has 0 fully saturated rings. The molecule has 0 aliphatic heterocycles. The zero-order valence-corrected chi connectivity index (χ0v) is 13.4. The average molecular weight is 331 g/mol. The van der Waals surface area contributed by atoms with Crippen LogP contribution >= 0.6 is 34.7 Å². The lowest BCUT2D eigenvalue weighted by Gasteiger charge is -2.16. The zero-order chi connectivity index (χ0) is 14.5. The minimum atomic E-state index is -0.0889. The second-order valence-electron chi connectivity index (χ2n) is 4.46. The smallest absolute Gasteiger partial charge is 0.0804 e. The predicted molar refractivity (Wildman–Crippen MR) is 84.1 cm³/mol. The molecule has 7 heteroatoms. The van der Waals surface area contributed by atoms with Gasteiger partial charge in [0.25, 0.3) is 0 Å². The molecule has 0 spiro atoms. The largest absolute Gasteiger partial charge is 0.271 e. The Balaban J connectivity index is 2.27. The summed E-state index contributed by atoms with van der Waals surface area (Å²) in [6.45, 7) is 2.11. The van der Waals surface area contributed by atoms with Gasteiger partial charge < -0.3 is 0 Å².